The fourth-order valence-corrected chi connectivity index (χ4v) is 2.68. The molecule has 0 aliphatic carbocycles. The Balaban J connectivity index is 2.31. The topological polar surface area (TPSA) is 29.3 Å². The fourth-order valence-electron chi connectivity index (χ4n) is 2.37. The average Bonchev–Trinajstić information content (AvgIpc) is 2.69. The van der Waals surface area contributed by atoms with Crippen molar-refractivity contribution in [3.63, 3.8) is 0 Å². The number of nitrogens with two attached hydrogens (primary N) is 1. The van der Waals surface area contributed by atoms with E-state index in [1.165, 1.54) is 24.1 Å². The molecule has 1 fully saturated rings. The predicted octanol–water partition coefficient (Wildman–Crippen LogP) is 2.83. The zero-order valence-electron chi connectivity index (χ0n) is 9.75. The number of benzene rings is 1. The number of halogens is 1. The summed E-state index contributed by atoms with van der Waals surface area (Å²) in [6.07, 6.45) is 3.43. The number of rotatable bonds is 3. The van der Waals surface area contributed by atoms with Gasteiger partial charge in [-0.1, -0.05) is 23.7 Å². The molecule has 2 nitrogen and oxygen atoms in total. The van der Waals surface area contributed by atoms with Crippen LogP contribution < -0.4 is 10.6 Å². The third-order valence-electron chi connectivity index (χ3n) is 3.03. The van der Waals surface area contributed by atoms with Crippen molar-refractivity contribution in [2.24, 2.45) is 5.73 Å². The molecule has 1 aromatic carbocycles. The Labute approximate surface area is 102 Å². The molecular weight excluding hydrogens is 220 g/mol. The molecule has 0 saturated carbocycles. The van der Waals surface area contributed by atoms with Gasteiger partial charge in [0.25, 0.3) is 0 Å². The Morgan fingerprint density at radius 2 is 2.06 bits per heavy atom. The van der Waals surface area contributed by atoms with Crippen molar-refractivity contribution in [2.45, 2.75) is 32.2 Å². The Morgan fingerprint density at radius 1 is 1.38 bits per heavy atom. The number of hydrogen-bond acceptors (Lipinski definition) is 2. The third-order valence-corrected chi connectivity index (χ3v) is 3.34. The lowest BCUT2D eigenvalue weighted by Crippen LogP contribution is -2.23. The van der Waals surface area contributed by atoms with Gasteiger partial charge in [0.05, 0.1) is 10.7 Å². The molecule has 1 aliphatic heterocycles. The maximum absolute atomic E-state index is 6.31. The third kappa shape index (κ3) is 2.50. The van der Waals surface area contributed by atoms with Gasteiger partial charge in [0.1, 0.15) is 0 Å². The lowest BCUT2D eigenvalue weighted by atomic mass is 10.0. The number of nitrogens with zero attached hydrogens (tertiary/aromatic N) is 1. The molecule has 0 radical (unpaired) electrons. The summed E-state index contributed by atoms with van der Waals surface area (Å²) in [4.78, 5) is 2.39. The van der Waals surface area contributed by atoms with Gasteiger partial charge in [-0.25, -0.2) is 0 Å². The van der Waals surface area contributed by atoms with Crippen molar-refractivity contribution < 1.29 is 0 Å². The molecule has 1 aliphatic rings. The van der Waals surface area contributed by atoms with E-state index in [0.717, 1.165) is 24.5 Å². The van der Waals surface area contributed by atoms with Crippen LogP contribution in [0.1, 0.15) is 25.3 Å². The van der Waals surface area contributed by atoms with Crippen LogP contribution in [0.15, 0.2) is 18.2 Å². The molecule has 1 unspecified atom stereocenters. The monoisotopic (exact) mass is 238 g/mol. The molecule has 1 saturated heterocycles. The van der Waals surface area contributed by atoms with Gasteiger partial charge < -0.3 is 10.6 Å². The number of hydrogen-bond donors (Lipinski definition) is 1. The summed E-state index contributed by atoms with van der Waals surface area (Å²) in [6.45, 7) is 4.28. The second kappa shape index (κ2) is 5.07. The van der Waals surface area contributed by atoms with Gasteiger partial charge in [0.2, 0.25) is 0 Å². The van der Waals surface area contributed by atoms with Gasteiger partial charge in [-0.2, -0.15) is 0 Å². The number of para-hydroxylation sites is 1. The molecule has 16 heavy (non-hydrogen) atoms. The highest BCUT2D eigenvalue weighted by atomic mass is 35.5. The molecule has 2 rings (SSSR count). The van der Waals surface area contributed by atoms with Crippen LogP contribution in [-0.4, -0.2) is 19.1 Å². The van der Waals surface area contributed by atoms with E-state index in [4.69, 9.17) is 17.3 Å². The second-order valence-electron chi connectivity index (χ2n) is 4.62. The van der Waals surface area contributed by atoms with E-state index < -0.39 is 0 Å². The van der Waals surface area contributed by atoms with Crippen LogP contribution in [0.5, 0.6) is 0 Å². The minimum atomic E-state index is 0.180. The second-order valence-corrected chi connectivity index (χ2v) is 5.03. The first kappa shape index (κ1) is 11.7. The molecule has 0 amide bonds. The van der Waals surface area contributed by atoms with Crippen LogP contribution in [0, 0.1) is 0 Å². The summed E-state index contributed by atoms with van der Waals surface area (Å²) in [5.41, 5.74) is 8.37. The molecule has 1 heterocycles. The molecule has 1 atom stereocenters. The van der Waals surface area contributed by atoms with Crippen molar-refractivity contribution in [3.8, 4) is 0 Å². The molecule has 3 heteroatoms. The van der Waals surface area contributed by atoms with E-state index in [1.807, 2.05) is 19.1 Å². The summed E-state index contributed by atoms with van der Waals surface area (Å²) < 4.78 is 0. The highest BCUT2D eigenvalue weighted by molar-refractivity contribution is 6.33. The Kier molecular flexibility index (Phi) is 3.72. The summed E-state index contributed by atoms with van der Waals surface area (Å²) in [6, 6.07) is 6.31. The Bertz CT molecular complexity index is 357. The summed E-state index contributed by atoms with van der Waals surface area (Å²) in [5.74, 6) is 0. The minimum absolute atomic E-state index is 0.180. The minimum Gasteiger partial charge on any atom is -0.370 e. The Hall–Kier alpha value is -0.730. The summed E-state index contributed by atoms with van der Waals surface area (Å²) >= 11 is 6.31. The van der Waals surface area contributed by atoms with Crippen LogP contribution in [0.2, 0.25) is 5.02 Å². The van der Waals surface area contributed by atoms with E-state index in [9.17, 15) is 0 Å². The van der Waals surface area contributed by atoms with Gasteiger partial charge in [-0.3, -0.25) is 0 Å². The SMILES string of the molecule is CC(N)Cc1cccc(Cl)c1N1CCCC1. The number of anilines is 1. The smallest absolute Gasteiger partial charge is 0.0642 e. The maximum Gasteiger partial charge on any atom is 0.0642 e. The molecule has 0 aromatic heterocycles. The van der Waals surface area contributed by atoms with Gasteiger partial charge in [0.15, 0.2) is 0 Å². The van der Waals surface area contributed by atoms with Gasteiger partial charge in [-0.15, -0.1) is 0 Å². The first-order valence-electron chi connectivity index (χ1n) is 5.96. The van der Waals surface area contributed by atoms with Crippen molar-refractivity contribution in [2.75, 3.05) is 18.0 Å². The van der Waals surface area contributed by atoms with E-state index >= 15 is 0 Å². The summed E-state index contributed by atoms with van der Waals surface area (Å²) in [7, 11) is 0. The van der Waals surface area contributed by atoms with Gasteiger partial charge in [0, 0.05) is 19.1 Å². The average molecular weight is 239 g/mol. The predicted molar refractivity (Wildman–Crippen MR) is 70.3 cm³/mol. The van der Waals surface area contributed by atoms with Crippen LogP contribution >= 0.6 is 11.6 Å². The van der Waals surface area contributed by atoms with Gasteiger partial charge >= 0.3 is 0 Å². The maximum atomic E-state index is 6.31. The molecule has 2 N–H and O–H groups in total. The van der Waals surface area contributed by atoms with Crippen molar-refractivity contribution in [3.05, 3.63) is 28.8 Å². The van der Waals surface area contributed by atoms with Crippen LogP contribution in [0.3, 0.4) is 0 Å². The normalized spacial score (nSPS) is 17.8. The first-order valence-corrected chi connectivity index (χ1v) is 6.34. The lowest BCUT2D eigenvalue weighted by molar-refractivity contribution is 0.735. The van der Waals surface area contributed by atoms with Crippen LogP contribution in [0.25, 0.3) is 0 Å². The van der Waals surface area contributed by atoms with Crippen molar-refractivity contribution >= 4 is 17.3 Å². The fraction of sp³-hybridized carbons (Fsp3) is 0.538. The van der Waals surface area contributed by atoms with Crippen LogP contribution in [-0.2, 0) is 6.42 Å². The quantitative estimate of drug-likeness (QED) is 0.878. The largest absolute Gasteiger partial charge is 0.370 e. The molecule has 1 aromatic rings. The van der Waals surface area contributed by atoms with Crippen molar-refractivity contribution in [1.29, 1.82) is 0 Å². The first-order chi connectivity index (χ1) is 7.68. The lowest BCUT2D eigenvalue weighted by Gasteiger charge is -2.23. The van der Waals surface area contributed by atoms with Crippen molar-refractivity contribution in [1.82, 2.24) is 0 Å². The molecular formula is C13H19ClN2. The van der Waals surface area contributed by atoms with E-state index in [-0.39, 0.29) is 6.04 Å². The van der Waals surface area contributed by atoms with E-state index in [0.29, 0.717) is 0 Å². The highest BCUT2D eigenvalue weighted by Crippen LogP contribution is 2.32. The molecule has 0 spiro atoms. The van der Waals surface area contributed by atoms with E-state index in [1.54, 1.807) is 0 Å². The van der Waals surface area contributed by atoms with E-state index in [2.05, 4.69) is 11.0 Å². The zero-order chi connectivity index (χ0) is 11.5. The molecule has 0 bridgehead atoms. The standard InChI is InChI=1S/C13H19ClN2/c1-10(15)9-11-5-4-6-12(14)13(11)16-7-2-3-8-16/h4-6,10H,2-3,7-9,15H2,1H3. The highest BCUT2D eigenvalue weighted by Gasteiger charge is 2.18. The summed E-state index contributed by atoms with van der Waals surface area (Å²) in [5, 5.41) is 0.861. The molecule has 88 valence electrons. The van der Waals surface area contributed by atoms with Crippen LogP contribution in [0.4, 0.5) is 5.69 Å². The Morgan fingerprint density at radius 3 is 2.69 bits per heavy atom. The zero-order valence-corrected chi connectivity index (χ0v) is 10.5. The van der Waals surface area contributed by atoms with Gasteiger partial charge in [-0.05, 0) is 37.8 Å².